The fraction of sp³-hybridized carbons (Fsp3) is 0.182. The van der Waals surface area contributed by atoms with E-state index in [2.05, 4.69) is 22.1 Å². The first kappa shape index (κ1) is 16.6. The molecule has 0 amide bonds. The molecule has 0 bridgehead atoms. The average Bonchev–Trinajstić information content (AvgIpc) is 3.28. The van der Waals surface area contributed by atoms with E-state index in [1.165, 1.54) is 0 Å². The number of hydrogen-bond acceptors (Lipinski definition) is 4. The van der Waals surface area contributed by atoms with Gasteiger partial charge in [-0.05, 0) is 12.1 Å². The summed E-state index contributed by atoms with van der Waals surface area (Å²) in [6, 6.07) is 12.2. The van der Waals surface area contributed by atoms with Gasteiger partial charge in [0.2, 0.25) is 0 Å². The highest BCUT2D eigenvalue weighted by Gasteiger charge is 2.16. The topological polar surface area (TPSA) is 68.5 Å². The Bertz CT molecular complexity index is 1260. The summed E-state index contributed by atoms with van der Waals surface area (Å²) in [5, 5.41) is 4.41. The van der Waals surface area contributed by atoms with Gasteiger partial charge in [0, 0.05) is 33.7 Å². The standard InChI is InChI=1S/C22H20N2O4/c1-25-17-7-13-11-5-6-12-14-8-18(26-2)20(28-4)10-16(14)24-22(12)21(11)23-15(13)9-19(17)27-3/h5-10,23-24H,1-4H3. The van der Waals surface area contributed by atoms with E-state index < -0.39 is 0 Å². The Morgan fingerprint density at radius 2 is 0.857 bits per heavy atom. The highest BCUT2D eigenvalue weighted by molar-refractivity contribution is 6.22. The molecule has 0 saturated carbocycles. The zero-order chi connectivity index (χ0) is 19.4. The lowest BCUT2D eigenvalue weighted by Crippen LogP contribution is -1.89. The predicted octanol–water partition coefficient (Wildman–Crippen LogP) is 4.99. The second kappa shape index (κ2) is 5.99. The lowest BCUT2D eigenvalue weighted by Gasteiger charge is -2.07. The van der Waals surface area contributed by atoms with Crippen molar-refractivity contribution in [2.45, 2.75) is 0 Å². The van der Waals surface area contributed by atoms with Crippen LogP contribution in [-0.4, -0.2) is 38.4 Å². The molecule has 6 heteroatoms. The molecule has 2 aromatic heterocycles. The second-order valence-electron chi connectivity index (χ2n) is 6.67. The largest absolute Gasteiger partial charge is 0.493 e. The molecule has 3 aromatic carbocycles. The van der Waals surface area contributed by atoms with Crippen LogP contribution in [0.4, 0.5) is 0 Å². The Balaban J connectivity index is 1.88. The third-order valence-electron chi connectivity index (χ3n) is 5.35. The van der Waals surface area contributed by atoms with Gasteiger partial charge in [-0.1, -0.05) is 12.1 Å². The van der Waals surface area contributed by atoms with Gasteiger partial charge in [0.15, 0.2) is 23.0 Å². The molecule has 28 heavy (non-hydrogen) atoms. The monoisotopic (exact) mass is 376 g/mol. The number of H-pyrrole nitrogens is 2. The third-order valence-corrected chi connectivity index (χ3v) is 5.35. The van der Waals surface area contributed by atoms with Crippen molar-refractivity contribution >= 4 is 43.6 Å². The Kier molecular flexibility index (Phi) is 3.55. The van der Waals surface area contributed by atoms with E-state index in [0.29, 0.717) is 23.0 Å². The molecule has 0 spiro atoms. The van der Waals surface area contributed by atoms with Crippen LogP contribution in [0.25, 0.3) is 43.6 Å². The van der Waals surface area contributed by atoms with E-state index in [-0.39, 0.29) is 0 Å². The molecule has 0 saturated heterocycles. The van der Waals surface area contributed by atoms with Gasteiger partial charge in [-0.25, -0.2) is 0 Å². The summed E-state index contributed by atoms with van der Waals surface area (Å²) in [6.45, 7) is 0. The van der Waals surface area contributed by atoms with Crippen LogP contribution in [0.5, 0.6) is 23.0 Å². The van der Waals surface area contributed by atoms with Crippen LogP contribution in [0.2, 0.25) is 0 Å². The van der Waals surface area contributed by atoms with E-state index in [1.54, 1.807) is 28.4 Å². The Morgan fingerprint density at radius 1 is 0.500 bits per heavy atom. The minimum Gasteiger partial charge on any atom is -0.493 e. The maximum absolute atomic E-state index is 5.47. The van der Waals surface area contributed by atoms with E-state index >= 15 is 0 Å². The fourth-order valence-corrected chi connectivity index (χ4v) is 3.99. The highest BCUT2D eigenvalue weighted by Crippen LogP contribution is 2.41. The molecule has 0 radical (unpaired) electrons. The minimum atomic E-state index is 0.698. The van der Waals surface area contributed by atoms with E-state index in [0.717, 1.165) is 43.6 Å². The van der Waals surface area contributed by atoms with Gasteiger partial charge in [-0.3, -0.25) is 0 Å². The van der Waals surface area contributed by atoms with Crippen molar-refractivity contribution in [3.05, 3.63) is 36.4 Å². The highest BCUT2D eigenvalue weighted by atomic mass is 16.5. The molecule has 0 atom stereocenters. The molecule has 0 fully saturated rings. The lowest BCUT2D eigenvalue weighted by molar-refractivity contribution is 0.356. The molecule has 5 aromatic rings. The second-order valence-corrected chi connectivity index (χ2v) is 6.67. The maximum atomic E-state index is 5.47. The third kappa shape index (κ3) is 2.14. The van der Waals surface area contributed by atoms with Gasteiger partial charge in [-0.15, -0.1) is 0 Å². The number of methoxy groups -OCH3 is 4. The number of aromatic amines is 2. The van der Waals surface area contributed by atoms with Gasteiger partial charge >= 0.3 is 0 Å². The van der Waals surface area contributed by atoms with Crippen molar-refractivity contribution < 1.29 is 18.9 Å². The van der Waals surface area contributed by atoms with Crippen LogP contribution in [0, 0.1) is 0 Å². The van der Waals surface area contributed by atoms with Gasteiger partial charge in [0.1, 0.15) is 0 Å². The van der Waals surface area contributed by atoms with Crippen LogP contribution in [0.1, 0.15) is 0 Å². The summed E-state index contributed by atoms with van der Waals surface area (Å²) in [4.78, 5) is 7.07. The number of benzene rings is 3. The molecular formula is C22H20N2O4. The van der Waals surface area contributed by atoms with Crippen molar-refractivity contribution in [3.63, 3.8) is 0 Å². The van der Waals surface area contributed by atoms with Crippen LogP contribution >= 0.6 is 0 Å². The molecule has 142 valence electrons. The Hall–Kier alpha value is -3.54. The summed E-state index contributed by atoms with van der Waals surface area (Å²) < 4.78 is 21.8. The first-order valence-electron chi connectivity index (χ1n) is 8.92. The van der Waals surface area contributed by atoms with Crippen molar-refractivity contribution in [1.82, 2.24) is 9.97 Å². The van der Waals surface area contributed by atoms with Crippen LogP contribution in [0.3, 0.4) is 0 Å². The van der Waals surface area contributed by atoms with E-state index in [1.807, 2.05) is 24.3 Å². The zero-order valence-electron chi connectivity index (χ0n) is 16.1. The molecular weight excluding hydrogens is 356 g/mol. The Morgan fingerprint density at radius 3 is 1.21 bits per heavy atom. The minimum absolute atomic E-state index is 0.698. The van der Waals surface area contributed by atoms with E-state index in [9.17, 15) is 0 Å². The summed E-state index contributed by atoms with van der Waals surface area (Å²) >= 11 is 0. The van der Waals surface area contributed by atoms with Crippen molar-refractivity contribution in [1.29, 1.82) is 0 Å². The normalized spacial score (nSPS) is 11.6. The molecule has 0 aliphatic heterocycles. The van der Waals surface area contributed by atoms with Gasteiger partial charge in [0.05, 0.1) is 50.5 Å². The first-order chi connectivity index (χ1) is 13.7. The fourth-order valence-electron chi connectivity index (χ4n) is 3.99. The van der Waals surface area contributed by atoms with Gasteiger partial charge in [-0.2, -0.15) is 0 Å². The molecule has 0 unspecified atom stereocenters. The Labute approximate surface area is 160 Å². The summed E-state index contributed by atoms with van der Waals surface area (Å²) in [5.74, 6) is 2.82. The van der Waals surface area contributed by atoms with Crippen LogP contribution in [0.15, 0.2) is 36.4 Å². The molecule has 0 aliphatic carbocycles. The van der Waals surface area contributed by atoms with Crippen LogP contribution in [-0.2, 0) is 0 Å². The molecule has 2 N–H and O–H groups in total. The lowest BCUT2D eigenvalue weighted by atomic mass is 10.1. The van der Waals surface area contributed by atoms with Crippen molar-refractivity contribution in [2.24, 2.45) is 0 Å². The predicted molar refractivity (Wildman–Crippen MR) is 111 cm³/mol. The number of rotatable bonds is 4. The number of hydrogen-bond donors (Lipinski definition) is 2. The smallest absolute Gasteiger partial charge is 0.162 e. The van der Waals surface area contributed by atoms with E-state index in [4.69, 9.17) is 18.9 Å². The molecule has 0 aliphatic rings. The van der Waals surface area contributed by atoms with Crippen molar-refractivity contribution in [3.8, 4) is 23.0 Å². The first-order valence-corrected chi connectivity index (χ1v) is 8.92. The molecule has 2 heterocycles. The van der Waals surface area contributed by atoms with Gasteiger partial charge in [0.25, 0.3) is 0 Å². The average molecular weight is 376 g/mol. The number of nitrogens with one attached hydrogen (secondary N) is 2. The maximum Gasteiger partial charge on any atom is 0.162 e. The number of ether oxygens (including phenoxy) is 4. The number of fused-ring (bicyclic) bond motifs is 7. The molecule has 6 nitrogen and oxygen atoms in total. The summed E-state index contributed by atoms with van der Waals surface area (Å²) in [5.41, 5.74) is 4.07. The van der Waals surface area contributed by atoms with Gasteiger partial charge < -0.3 is 28.9 Å². The quantitative estimate of drug-likeness (QED) is 0.464. The van der Waals surface area contributed by atoms with Crippen LogP contribution < -0.4 is 18.9 Å². The number of aromatic nitrogens is 2. The molecule has 5 rings (SSSR count). The zero-order valence-corrected chi connectivity index (χ0v) is 16.1. The van der Waals surface area contributed by atoms with Crippen molar-refractivity contribution in [2.75, 3.05) is 28.4 Å². The summed E-state index contributed by atoms with van der Waals surface area (Å²) in [7, 11) is 6.58. The summed E-state index contributed by atoms with van der Waals surface area (Å²) in [6.07, 6.45) is 0. The SMILES string of the molecule is COc1cc2[nH]c3c(ccc4c5cc(OC)c(OC)cc5[nH]c43)c2cc1OC.